The van der Waals surface area contributed by atoms with Crippen LogP contribution in [0.5, 0.6) is 0 Å². The predicted octanol–water partition coefficient (Wildman–Crippen LogP) is 2.76. The summed E-state index contributed by atoms with van der Waals surface area (Å²) < 4.78 is 0. The number of nitrogens with zero attached hydrogens (tertiary/aromatic N) is 1. The average molecular weight is 196 g/mol. The fourth-order valence-corrected chi connectivity index (χ4v) is 1.83. The fourth-order valence-electron chi connectivity index (χ4n) is 1.22. The molecule has 0 radical (unpaired) electrons. The van der Waals surface area contributed by atoms with Gasteiger partial charge in [-0.25, -0.2) is 4.98 Å². The summed E-state index contributed by atoms with van der Waals surface area (Å²) in [5.41, 5.74) is 4.25. The van der Waals surface area contributed by atoms with Crippen molar-refractivity contribution in [1.82, 2.24) is 10.3 Å². The van der Waals surface area contributed by atoms with E-state index in [1.54, 1.807) is 11.3 Å². The Labute approximate surface area is 83.7 Å². The molecule has 1 aromatic rings. The Morgan fingerprint density at radius 3 is 3.00 bits per heavy atom. The van der Waals surface area contributed by atoms with Gasteiger partial charge in [-0.15, -0.1) is 17.9 Å². The van der Waals surface area contributed by atoms with Crippen molar-refractivity contribution in [3.63, 3.8) is 0 Å². The highest BCUT2D eigenvalue weighted by atomic mass is 32.1. The highest BCUT2D eigenvalue weighted by Crippen LogP contribution is 2.19. The third-order valence-electron chi connectivity index (χ3n) is 2.02. The zero-order chi connectivity index (χ0) is 9.68. The summed E-state index contributed by atoms with van der Waals surface area (Å²) in [7, 11) is 1.97. The van der Waals surface area contributed by atoms with Crippen LogP contribution in [-0.4, -0.2) is 12.0 Å². The second-order valence-corrected chi connectivity index (χ2v) is 3.97. The van der Waals surface area contributed by atoms with E-state index in [0.29, 0.717) is 6.04 Å². The quantitative estimate of drug-likeness (QED) is 0.732. The first kappa shape index (κ1) is 10.4. The van der Waals surface area contributed by atoms with Crippen molar-refractivity contribution in [1.29, 1.82) is 0 Å². The highest BCUT2D eigenvalue weighted by Gasteiger charge is 2.09. The third kappa shape index (κ3) is 3.28. The molecule has 13 heavy (non-hydrogen) atoms. The van der Waals surface area contributed by atoms with Crippen LogP contribution in [0.15, 0.2) is 23.0 Å². The summed E-state index contributed by atoms with van der Waals surface area (Å²) in [6, 6.07) is 0.378. The molecule has 1 unspecified atom stereocenters. The number of allylic oxidation sites excluding steroid dienone is 1. The molecule has 0 bridgehead atoms. The summed E-state index contributed by atoms with van der Waals surface area (Å²) in [5.74, 6) is 0. The van der Waals surface area contributed by atoms with Crippen molar-refractivity contribution >= 4 is 11.3 Å². The van der Waals surface area contributed by atoms with E-state index < -0.39 is 0 Å². The molecule has 0 aliphatic carbocycles. The van der Waals surface area contributed by atoms with Gasteiger partial charge in [-0.1, -0.05) is 5.57 Å². The number of rotatable bonds is 5. The number of aromatic nitrogens is 1. The molecular formula is C10H16N2S. The molecule has 0 aliphatic rings. The molecule has 0 aliphatic heterocycles. The topological polar surface area (TPSA) is 24.9 Å². The lowest BCUT2D eigenvalue weighted by molar-refractivity contribution is 0.537. The third-order valence-corrected chi connectivity index (χ3v) is 2.62. The summed E-state index contributed by atoms with van der Waals surface area (Å²) in [4.78, 5) is 4.29. The van der Waals surface area contributed by atoms with Gasteiger partial charge in [0.2, 0.25) is 0 Å². The zero-order valence-electron chi connectivity index (χ0n) is 8.21. The SMILES string of the molecule is C=C(C)CCC(NC)c1cscn1. The Hall–Kier alpha value is -0.670. The Bertz CT molecular complexity index is 254. The van der Waals surface area contributed by atoms with Gasteiger partial charge in [0, 0.05) is 5.38 Å². The average Bonchev–Trinajstić information content (AvgIpc) is 2.58. The van der Waals surface area contributed by atoms with Crippen LogP contribution in [0.2, 0.25) is 0 Å². The molecule has 1 atom stereocenters. The number of hydrogen-bond donors (Lipinski definition) is 1. The van der Waals surface area contributed by atoms with Gasteiger partial charge in [0.1, 0.15) is 0 Å². The smallest absolute Gasteiger partial charge is 0.0795 e. The molecule has 0 amide bonds. The van der Waals surface area contributed by atoms with Gasteiger partial charge in [-0.3, -0.25) is 0 Å². The molecule has 72 valence electrons. The number of nitrogens with one attached hydrogen (secondary N) is 1. The summed E-state index contributed by atoms with van der Waals surface area (Å²) in [6.07, 6.45) is 2.14. The van der Waals surface area contributed by atoms with Crippen molar-refractivity contribution in [2.24, 2.45) is 0 Å². The minimum atomic E-state index is 0.378. The first-order valence-electron chi connectivity index (χ1n) is 4.43. The van der Waals surface area contributed by atoms with Crippen LogP contribution in [0.3, 0.4) is 0 Å². The Morgan fingerprint density at radius 1 is 1.77 bits per heavy atom. The normalized spacial score (nSPS) is 12.8. The lowest BCUT2D eigenvalue weighted by Crippen LogP contribution is -2.16. The number of hydrogen-bond acceptors (Lipinski definition) is 3. The van der Waals surface area contributed by atoms with Crippen LogP contribution < -0.4 is 5.32 Å². The van der Waals surface area contributed by atoms with E-state index in [2.05, 4.69) is 29.2 Å². The Morgan fingerprint density at radius 2 is 2.54 bits per heavy atom. The van der Waals surface area contributed by atoms with E-state index in [9.17, 15) is 0 Å². The molecule has 0 aromatic carbocycles. The molecule has 0 saturated carbocycles. The second kappa shape index (κ2) is 5.14. The van der Waals surface area contributed by atoms with Crippen LogP contribution in [-0.2, 0) is 0 Å². The van der Waals surface area contributed by atoms with Crippen molar-refractivity contribution in [3.8, 4) is 0 Å². The molecule has 1 aromatic heterocycles. The standard InChI is InChI=1S/C10H16N2S/c1-8(2)4-5-9(11-3)10-6-13-7-12-10/h6-7,9,11H,1,4-5H2,2-3H3. The monoisotopic (exact) mass is 196 g/mol. The van der Waals surface area contributed by atoms with E-state index in [1.165, 1.54) is 5.57 Å². The molecule has 0 fully saturated rings. The van der Waals surface area contributed by atoms with Gasteiger partial charge in [0.15, 0.2) is 0 Å². The van der Waals surface area contributed by atoms with Crippen LogP contribution in [0, 0.1) is 0 Å². The first-order chi connectivity index (χ1) is 6.24. The molecule has 0 saturated heterocycles. The Kier molecular flexibility index (Phi) is 4.12. The second-order valence-electron chi connectivity index (χ2n) is 3.25. The summed E-state index contributed by atoms with van der Waals surface area (Å²) >= 11 is 1.64. The lowest BCUT2D eigenvalue weighted by atomic mass is 10.1. The highest BCUT2D eigenvalue weighted by molar-refractivity contribution is 7.07. The molecule has 0 spiro atoms. The van der Waals surface area contributed by atoms with E-state index in [0.717, 1.165) is 18.5 Å². The molecule has 2 nitrogen and oxygen atoms in total. The molecular weight excluding hydrogens is 180 g/mol. The minimum absolute atomic E-state index is 0.378. The maximum atomic E-state index is 4.29. The molecule has 1 N–H and O–H groups in total. The maximum Gasteiger partial charge on any atom is 0.0795 e. The van der Waals surface area contributed by atoms with E-state index in [-0.39, 0.29) is 0 Å². The summed E-state index contributed by atoms with van der Waals surface area (Å²) in [5, 5.41) is 5.36. The minimum Gasteiger partial charge on any atom is -0.312 e. The largest absolute Gasteiger partial charge is 0.312 e. The van der Waals surface area contributed by atoms with Gasteiger partial charge >= 0.3 is 0 Å². The zero-order valence-corrected chi connectivity index (χ0v) is 9.03. The predicted molar refractivity (Wildman–Crippen MR) is 58.0 cm³/mol. The van der Waals surface area contributed by atoms with E-state index in [4.69, 9.17) is 0 Å². The number of thiazole rings is 1. The van der Waals surface area contributed by atoms with Crippen LogP contribution in [0.4, 0.5) is 0 Å². The Balaban J connectivity index is 2.49. The van der Waals surface area contributed by atoms with Gasteiger partial charge in [0.05, 0.1) is 17.2 Å². The maximum absolute atomic E-state index is 4.29. The van der Waals surface area contributed by atoms with Crippen molar-refractivity contribution in [2.45, 2.75) is 25.8 Å². The fraction of sp³-hybridized carbons (Fsp3) is 0.500. The van der Waals surface area contributed by atoms with Crippen molar-refractivity contribution in [3.05, 3.63) is 28.7 Å². The molecule has 1 heterocycles. The van der Waals surface area contributed by atoms with Gasteiger partial charge < -0.3 is 5.32 Å². The van der Waals surface area contributed by atoms with Crippen LogP contribution >= 0.6 is 11.3 Å². The lowest BCUT2D eigenvalue weighted by Gasteiger charge is -2.13. The molecule has 3 heteroatoms. The first-order valence-corrected chi connectivity index (χ1v) is 5.38. The van der Waals surface area contributed by atoms with Crippen LogP contribution in [0.1, 0.15) is 31.5 Å². The summed E-state index contributed by atoms with van der Waals surface area (Å²) in [6.45, 7) is 5.96. The molecule has 1 rings (SSSR count). The van der Waals surface area contributed by atoms with Crippen molar-refractivity contribution < 1.29 is 0 Å². The van der Waals surface area contributed by atoms with Crippen LogP contribution in [0.25, 0.3) is 0 Å². The van der Waals surface area contributed by atoms with Gasteiger partial charge in [-0.05, 0) is 26.8 Å². The van der Waals surface area contributed by atoms with Gasteiger partial charge in [0.25, 0.3) is 0 Å². The van der Waals surface area contributed by atoms with Crippen molar-refractivity contribution in [2.75, 3.05) is 7.05 Å². The van der Waals surface area contributed by atoms with E-state index in [1.807, 2.05) is 12.6 Å². The van der Waals surface area contributed by atoms with Gasteiger partial charge in [-0.2, -0.15) is 0 Å². The van der Waals surface area contributed by atoms with E-state index >= 15 is 0 Å².